The first-order valence-corrected chi connectivity index (χ1v) is 8.22. The first-order valence-electron chi connectivity index (χ1n) is 8.22. The molecule has 0 fully saturated rings. The van der Waals surface area contributed by atoms with Crippen molar-refractivity contribution in [3.05, 3.63) is 88.9 Å². The molecule has 0 aliphatic rings. The second-order valence-corrected chi connectivity index (χ2v) is 6.02. The second kappa shape index (κ2) is 6.37. The molecule has 0 radical (unpaired) electrons. The van der Waals surface area contributed by atoms with Crippen molar-refractivity contribution in [3.63, 3.8) is 0 Å². The van der Waals surface area contributed by atoms with E-state index < -0.39 is 5.97 Å². The van der Waals surface area contributed by atoms with E-state index in [2.05, 4.69) is 0 Å². The lowest BCUT2D eigenvalue weighted by Gasteiger charge is -2.07. The minimum atomic E-state index is -1.09. The van der Waals surface area contributed by atoms with Crippen molar-refractivity contribution in [1.29, 1.82) is 0 Å². The maximum absolute atomic E-state index is 12.9. The van der Waals surface area contributed by atoms with Crippen LogP contribution < -0.4 is 5.69 Å². The minimum Gasteiger partial charge on any atom is -0.478 e. The molecule has 0 unspecified atom stereocenters. The predicted octanol–water partition coefficient (Wildman–Crippen LogP) is 3.56. The lowest BCUT2D eigenvalue weighted by Crippen LogP contribution is -2.22. The average Bonchev–Trinajstić information content (AvgIpc) is 2.92. The molecule has 0 atom stereocenters. The Balaban J connectivity index is 1.91. The summed E-state index contributed by atoms with van der Waals surface area (Å²) in [5.41, 5.74) is 2.21. The Morgan fingerprint density at radius 3 is 2.42 bits per heavy atom. The summed E-state index contributed by atoms with van der Waals surface area (Å²) < 4.78 is 3.04. The van der Waals surface area contributed by atoms with Crippen molar-refractivity contribution in [2.75, 3.05) is 0 Å². The molecule has 0 spiro atoms. The summed E-state index contributed by atoms with van der Waals surface area (Å²) in [6.07, 6.45) is 2.27. The van der Waals surface area contributed by atoms with Crippen LogP contribution in [0.25, 0.3) is 28.0 Å². The van der Waals surface area contributed by atoms with Crippen LogP contribution >= 0.6 is 0 Å². The molecule has 26 heavy (non-hydrogen) atoms. The topological polar surface area (TPSA) is 64.2 Å². The molecule has 1 N–H and O–H groups in total. The number of rotatable bonds is 4. The third kappa shape index (κ3) is 2.69. The first-order chi connectivity index (χ1) is 12.6. The molecule has 0 saturated heterocycles. The summed E-state index contributed by atoms with van der Waals surface area (Å²) >= 11 is 0. The number of aromatic nitrogens is 2. The van der Waals surface area contributed by atoms with E-state index in [-0.39, 0.29) is 5.69 Å². The molecular weight excluding hydrogens is 328 g/mol. The Labute approximate surface area is 149 Å². The third-order valence-corrected chi connectivity index (χ3v) is 4.44. The molecular formula is C21H16N2O3. The normalized spacial score (nSPS) is 11.5. The van der Waals surface area contributed by atoms with Gasteiger partial charge in [0.15, 0.2) is 0 Å². The molecule has 0 aliphatic carbocycles. The SMILES string of the molecule is O=C(O)C=Cn1c(=O)n(Cc2cccc3ccccc23)c2ccccc21. The first kappa shape index (κ1) is 15.9. The summed E-state index contributed by atoms with van der Waals surface area (Å²) in [6, 6.07) is 21.5. The van der Waals surface area contributed by atoms with Crippen LogP contribution in [0.5, 0.6) is 0 Å². The molecule has 0 saturated carbocycles. The highest BCUT2D eigenvalue weighted by atomic mass is 16.4. The van der Waals surface area contributed by atoms with Crippen molar-refractivity contribution >= 4 is 34.0 Å². The Morgan fingerprint density at radius 1 is 0.923 bits per heavy atom. The van der Waals surface area contributed by atoms with Gasteiger partial charge in [-0.3, -0.25) is 9.13 Å². The van der Waals surface area contributed by atoms with Gasteiger partial charge in [0.2, 0.25) is 0 Å². The highest BCUT2D eigenvalue weighted by Crippen LogP contribution is 2.21. The van der Waals surface area contributed by atoms with E-state index >= 15 is 0 Å². The number of benzene rings is 3. The van der Waals surface area contributed by atoms with Crippen LogP contribution in [0.15, 0.2) is 77.6 Å². The summed E-state index contributed by atoms with van der Waals surface area (Å²) in [5.74, 6) is -1.09. The van der Waals surface area contributed by atoms with E-state index in [4.69, 9.17) is 5.11 Å². The van der Waals surface area contributed by atoms with Crippen LogP contribution in [0.4, 0.5) is 0 Å². The standard InChI is InChI=1S/C21H16N2O3/c24-20(25)12-13-22-18-10-3-4-11-19(18)23(21(22)26)14-16-8-5-7-15-6-1-2-9-17(15)16/h1-13H,14H2,(H,24,25). The maximum atomic E-state index is 12.9. The van der Waals surface area contributed by atoms with Gasteiger partial charge in [-0.05, 0) is 28.5 Å². The van der Waals surface area contributed by atoms with Crippen molar-refractivity contribution in [3.8, 4) is 0 Å². The molecule has 5 heteroatoms. The van der Waals surface area contributed by atoms with Gasteiger partial charge in [-0.1, -0.05) is 54.6 Å². The van der Waals surface area contributed by atoms with E-state index in [1.165, 1.54) is 10.8 Å². The Kier molecular flexibility index (Phi) is 3.89. The van der Waals surface area contributed by atoms with Gasteiger partial charge in [0, 0.05) is 12.3 Å². The highest BCUT2D eigenvalue weighted by Gasteiger charge is 2.12. The fourth-order valence-electron chi connectivity index (χ4n) is 3.27. The molecule has 4 rings (SSSR count). The smallest absolute Gasteiger partial charge is 0.333 e. The summed E-state index contributed by atoms with van der Waals surface area (Å²) in [4.78, 5) is 23.8. The van der Waals surface area contributed by atoms with Crippen LogP contribution in [-0.4, -0.2) is 20.2 Å². The molecule has 0 aliphatic heterocycles. The zero-order valence-electron chi connectivity index (χ0n) is 13.9. The van der Waals surface area contributed by atoms with Gasteiger partial charge >= 0.3 is 11.7 Å². The van der Waals surface area contributed by atoms with Crippen LogP contribution in [0.2, 0.25) is 0 Å². The lowest BCUT2D eigenvalue weighted by molar-refractivity contribution is -0.131. The second-order valence-electron chi connectivity index (χ2n) is 6.02. The van der Waals surface area contributed by atoms with E-state index in [1.54, 1.807) is 4.57 Å². The van der Waals surface area contributed by atoms with Crippen molar-refractivity contribution in [2.45, 2.75) is 6.54 Å². The van der Waals surface area contributed by atoms with Gasteiger partial charge in [-0.2, -0.15) is 0 Å². The predicted molar refractivity (Wildman–Crippen MR) is 102 cm³/mol. The molecule has 3 aromatic carbocycles. The van der Waals surface area contributed by atoms with Gasteiger partial charge in [-0.25, -0.2) is 9.59 Å². The number of imidazole rings is 1. The maximum Gasteiger partial charge on any atom is 0.333 e. The zero-order chi connectivity index (χ0) is 18.1. The van der Waals surface area contributed by atoms with E-state index in [0.717, 1.165) is 27.9 Å². The number of carboxylic acid groups (broad SMARTS) is 1. The van der Waals surface area contributed by atoms with E-state index in [1.807, 2.05) is 66.7 Å². The van der Waals surface area contributed by atoms with Gasteiger partial charge < -0.3 is 5.11 Å². The summed E-state index contributed by atoms with van der Waals surface area (Å²) in [5, 5.41) is 11.1. The number of carbonyl (C=O) groups is 1. The van der Waals surface area contributed by atoms with Gasteiger partial charge in [0.25, 0.3) is 0 Å². The van der Waals surface area contributed by atoms with Gasteiger partial charge in [0.1, 0.15) is 0 Å². The van der Waals surface area contributed by atoms with E-state index in [0.29, 0.717) is 12.1 Å². The number of hydrogen-bond acceptors (Lipinski definition) is 2. The fraction of sp³-hybridized carbons (Fsp3) is 0.0476. The van der Waals surface area contributed by atoms with Crippen LogP contribution in [0.3, 0.4) is 0 Å². The van der Waals surface area contributed by atoms with Crippen LogP contribution in [0.1, 0.15) is 5.56 Å². The highest BCUT2D eigenvalue weighted by molar-refractivity contribution is 5.87. The van der Waals surface area contributed by atoms with Gasteiger partial charge in [0.05, 0.1) is 17.6 Å². The number of nitrogens with zero attached hydrogens (tertiary/aromatic N) is 2. The van der Waals surface area contributed by atoms with Crippen molar-refractivity contribution < 1.29 is 9.90 Å². The number of hydrogen-bond donors (Lipinski definition) is 1. The number of para-hydroxylation sites is 2. The summed E-state index contributed by atoms with van der Waals surface area (Å²) in [6.45, 7) is 0.411. The molecule has 1 aromatic heterocycles. The largest absolute Gasteiger partial charge is 0.478 e. The van der Waals surface area contributed by atoms with Crippen LogP contribution in [-0.2, 0) is 11.3 Å². The van der Waals surface area contributed by atoms with Crippen LogP contribution in [0, 0.1) is 0 Å². The lowest BCUT2D eigenvalue weighted by atomic mass is 10.0. The van der Waals surface area contributed by atoms with Crippen molar-refractivity contribution in [2.24, 2.45) is 0 Å². The van der Waals surface area contributed by atoms with E-state index in [9.17, 15) is 9.59 Å². The Morgan fingerprint density at radius 2 is 1.62 bits per heavy atom. The van der Waals surface area contributed by atoms with Gasteiger partial charge in [-0.15, -0.1) is 0 Å². The average molecular weight is 344 g/mol. The quantitative estimate of drug-likeness (QED) is 0.576. The fourth-order valence-corrected chi connectivity index (χ4v) is 3.27. The molecule has 0 amide bonds. The Hall–Kier alpha value is -3.60. The Bertz CT molecular complexity index is 1210. The molecule has 5 nitrogen and oxygen atoms in total. The van der Waals surface area contributed by atoms with Crippen molar-refractivity contribution in [1.82, 2.24) is 9.13 Å². The number of fused-ring (bicyclic) bond motifs is 2. The zero-order valence-corrected chi connectivity index (χ0v) is 13.9. The molecule has 1 heterocycles. The monoisotopic (exact) mass is 344 g/mol. The number of carboxylic acids is 1. The number of aliphatic carboxylic acids is 1. The molecule has 4 aromatic rings. The molecule has 128 valence electrons. The third-order valence-electron chi connectivity index (χ3n) is 4.44. The molecule has 0 bridgehead atoms. The summed E-state index contributed by atoms with van der Waals surface area (Å²) in [7, 11) is 0. The minimum absolute atomic E-state index is 0.267.